The maximum Gasteiger partial charge on any atom is 0.0701 e. The lowest BCUT2D eigenvalue weighted by molar-refractivity contribution is 0.323. The predicted molar refractivity (Wildman–Crippen MR) is 84.3 cm³/mol. The summed E-state index contributed by atoms with van der Waals surface area (Å²) in [5.41, 5.74) is 0. The molecule has 2 rings (SSSR count). The minimum absolute atomic E-state index is 0.838. The Hall–Kier alpha value is 0.140. The molecule has 1 aliphatic rings. The van der Waals surface area contributed by atoms with Crippen LogP contribution in [-0.2, 0) is 6.42 Å². The van der Waals surface area contributed by atoms with Gasteiger partial charge in [-0.2, -0.15) is 0 Å². The van der Waals surface area contributed by atoms with Gasteiger partial charge < -0.3 is 5.32 Å². The molecule has 1 nitrogen and oxygen atoms in total. The van der Waals surface area contributed by atoms with Gasteiger partial charge in [-0.15, -0.1) is 11.3 Å². The maximum absolute atomic E-state index is 3.63. The van der Waals surface area contributed by atoms with Crippen LogP contribution >= 0.6 is 27.3 Å². The molecule has 0 bridgehead atoms. The van der Waals surface area contributed by atoms with Crippen LogP contribution in [0.25, 0.3) is 0 Å². The van der Waals surface area contributed by atoms with Gasteiger partial charge >= 0.3 is 0 Å². The van der Waals surface area contributed by atoms with Gasteiger partial charge in [0.15, 0.2) is 0 Å². The van der Waals surface area contributed by atoms with Crippen LogP contribution < -0.4 is 5.32 Å². The summed E-state index contributed by atoms with van der Waals surface area (Å²) in [6, 6.07) is 4.47. The third-order valence-electron chi connectivity index (χ3n) is 3.99. The largest absolute Gasteiger partial charge is 0.316 e. The van der Waals surface area contributed by atoms with E-state index in [2.05, 4.69) is 40.3 Å². The first kappa shape index (κ1) is 14.5. The van der Waals surface area contributed by atoms with Crippen molar-refractivity contribution in [2.45, 2.75) is 45.4 Å². The molecular weight excluding hydrogens is 306 g/mol. The van der Waals surface area contributed by atoms with E-state index < -0.39 is 0 Å². The number of halogens is 1. The second-order valence-corrected chi connectivity index (χ2v) is 7.97. The highest BCUT2D eigenvalue weighted by molar-refractivity contribution is 9.11. The zero-order valence-corrected chi connectivity index (χ0v) is 13.7. The van der Waals surface area contributed by atoms with E-state index in [4.69, 9.17) is 0 Å². The van der Waals surface area contributed by atoms with Crippen LogP contribution in [0, 0.1) is 11.8 Å². The van der Waals surface area contributed by atoms with Crippen LogP contribution in [-0.4, -0.2) is 13.1 Å². The van der Waals surface area contributed by atoms with E-state index in [0.29, 0.717) is 0 Å². The van der Waals surface area contributed by atoms with E-state index in [1.807, 2.05) is 11.3 Å². The van der Waals surface area contributed by atoms with Crippen molar-refractivity contribution in [2.24, 2.45) is 11.8 Å². The predicted octanol–water partition coefficient (Wildman–Crippen LogP) is 4.86. The fourth-order valence-corrected chi connectivity index (χ4v) is 4.59. The second-order valence-electron chi connectivity index (χ2n) is 5.42. The highest BCUT2D eigenvalue weighted by Crippen LogP contribution is 2.34. The molecule has 1 atom stereocenters. The SMILES string of the molecule is CCCNCC(Cc1ccc(Br)s1)C1CCCC1. The van der Waals surface area contributed by atoms with Gasteiger partial charge in [0.1, 0.15) is 0 Å². The third kappa shape index (κ3) is 4.36. The van der Waals surface area contributed by atoms with Crippen molar-refractivity contribution in [1.82, 2.24) is 5.32 Å². The van der Waals surface area contributed by atoms with E-state index >= 15 is 0 Å². The normalized spacial score (nSPS) is 18.3. The Morgan fingerprint density at radius 1 is 1.39 bits per heavy atom. The summed E-state index contributed by atoms with van der Waals surface area (Å²) in [6.45, 7) is 4.61. The molecule has 1 fully saturated rings. The molecule has 1 aliphatic carbocycles. The van der Waals surface area contributed by atoms with Gasteiger partial charge in [0, 0.05) is 4.88 Å². The van der Waals surface area contributed by atoms with Gasteiger partial charge in [-0.3, -0.25) is 0 Å². The van der Waals surface area contributed by atoms with E-state index in [0.717, 1.165) is 18.4 Å². The Bertz CT molecular complexity index is 344. The van der Waals surface area contributed by atoms with Crippen LogP contribution in [0.2, 0.25) is 0 Å². The van der Waals surface area contributed by atoms with Crippen LogP contribution in [0.5, 0.6) is 0 Å². The van der Waals surface area contributed by atoms with E-state index in [1.165, 1.54) is 53.7 Å². The Morgan fingerprint density at radius 3 is 2.78 bits per heavy atom. The summed E-state index contributed by atoms with van der Waals surface area (Å²) < 4.78 is 1.27. The van der Waals surface area contributed by atoms with Crippen molar-refractivity contribution in [1.29, 1.82) is 0 Å². The van der Waals surface area contributed by atoms with Crippen LogP contribution in [0.3, 0.4) is 0 Å². The summed E-state index contributed by atoms with van der Waals surface area (Å²) in [5, 5.41) is 3.63. The molecule has 0 aromatic carbocycles. The molecule has 0 radical (unpaired) electrons. The highest BCUT2D eigenvalue weighted by atomic mass is 79.9. The molecule has 0 spiro atoms. The molecule has 18 heavy (non-hydrogen) atoms. The van der Waals surface area contributed by atoms with Gasteiger partial charge in [-0.05, 0) is 65.8 Å². The summed E-state index contributed by atoms with van der Waals surface area (Å²) in [6.07, 6.45) is 8.29. The Kier molecular flexibility index (Phi) is 6.19. The Labute approximate surface area is 123 Å². The van der Waals surface area contributed by atoms with Crippen molar-refractivity contribution >= 4 is 27.3 Å². The quantitative estimate of drug-likeness (QED) is 0.704. The van der Waals surface area contributed by atoms with E-state index in [-0.39, 0.29) is 0 Å². The van der Waals surface area contributed by atoms with Gasteiger partial charge in [0.2, 0.25) is 0 Å². The molecule has 1 N–H and O–H groups in total. The fraction of sp³-hybridized carbons (Fsp3) is 0.733. The van der Waals surface area contributed by atoms with E-state index in [9.17, 15) is 0 Å². The monoisotopic (exact) mass is 329 g/mol. The topological polar surface area (TPSA) is 12.0 Å². The molecule has 1 aromatic rings. The van der Waals surface area contributed by atoms with Crippen molar-refractivity contribution in [3.05, 3.63) is 20.8 Å². The summed E-state index contributed by atoms with van der Waals surface area (Å²) in [7, 11) is 0. The average molecular weight is 330 g/mol. The minimum Gasteiger partial charge on any atom is -0.316 e. The molecule has 3 heteroatoms. The van der Waals surface area contributed by atoms with Gasteiger partial charge in [0.05, 0.1) is 3.79 Å². The Morgan fingerprint density at radius 2 is 2.17 bits per heavy atom. The second kappa shape index (κ2) is 7.66. The lowest BCUT2D eigenvalue weighted by Gasteiger charge is -2.23. The zero-order valence-electron chi connectivity index (χ0n) is 11.3. The van der Waals surface area contributed by atoms with Gasteiger partial charge in [-0.1, -0.05) is 32.6 Å². The molecule has 1 heterocycles. The lowest BCUT2D eigenvalue weighted by atomic mass is 9.87. The van der Waals surface area contributed by atoms with Crippen molar-refractivity contribution in [3.63, 3.8) is 0 Å². The molecule has 0 aliphatic heterocycles. The summed E-state index contributed by atoms with van der Waals surface area (Å²) >= 11 is 5.48. The van der Waals surface area contributed by atoms with Gasteiger partial charge in [-0.25, -0.2) is 0 Å². The first-order chi connectivity index (χ1) is 8.79. The fourth-order valence-electron chi connectivity index (χ4n) is 3.02. The highest BCUT2D eigenvalue weighted by Gasteiger charge is 2.25. The maximum atomic E-state index is 3.63. The van der Waals surface area contributed by atoms with Crippen molar-refractivity contribution < 1.29 is 0 Å². The third-order valence-corrected chi connectivity index (χ3v) is 5.64. The lowest BCUT2D eigenvalue weighted by Crippen LogP contribution is -2.29. The zero-order chi connectivity index (χ0) is 12.8. The molecule has 1 aromatic heterocycles. The number of thiophene rings is 1. The van der Waals surface area contributed by atoms with Crippen LogP contribution in [0.4, 0.5) is 0 Å². The Balaban J connectivity index is 1.90. The number of rotatable bonds is 7. The van der Waals surface area contributed by atoms with Gasteiger partial charge in [0.25, 0.3) is 0 Å². The molecule has 102 valence electrons. The number of nitrogens with one attached hydrogen (secondary N) is 1. The molecule has 0 saturated heterocycles. The smallest absolute Gasteiger partial charge is 0.0701 e. The number of hydrogen-bond acceptors (Lipinski definition) is 2. The van der Waals surface area contributed by atoms with Crippen molar-refractivity contribution in [2.75, 3.05) is 13.1 Å². The van der Waals surface area contributed by atoms with E-state index in [1.54, 1.807) is 0 Å². The summed E-state index contributed by atoms with van der Waals surface area (Å²) in [5.74, 6) is 1.79. The molecule has 0 amide bonds. The van der Waals surface area contributed by atoms with Crippen LogP contribution in [0.15, 0.2) is 15.9 Å². The molecule has 1 unspecified atom stereocenters. The first-order valence-electron chi connectivity index (χ1n) is 7.24. The standard InChI is InChI=1S/C15H24BrNS/c1-2-9-17-11-13(12-5-3-4-6-12)10-14-7-8-15(16)18-14/h7-8,12-13,17H,2-6,9-11H2,1H3. The average Bonchev–Trinajstić information content (AvgIpc) is 2.99. The van der Waals surface area contributed by atoms with Crippen molar-refractivity contribution in [3.8, 4) is 0 Å². The molecular formula is C15H24BrNS. The first-order valence-corrected chi connectivity index (χ1v) is 8.85. The summed E-state index contributed by atoms with van der Waals surface area (Å²) in [4.78, 5) is 1.54. The molecule has 1 saturated carbocycles. The van der Waals surface area contributed by atoms with Crippen LogP contribution in [0.1, 0.15) is 43.9 Å². The minimum atomic E-state index is 0.838. The number of hydrogen-bond donors (Lipinski definition) is 1.